The average Bonchev–Trinajstić information content (AvgIpc) is 3.40. The molecule has 1 aromatic carbocycles. The van der Waals surface area contributed by atoms with Crippen LogP contribution in [-0.2, 0) is 6.42 Å². The summed E-state index contributed by atoms with van der Waals surface area (Å²) in [5.74, 6) is 3.80. The van der Waals surface area contributed by atoms with Crippen LogP contribution in [0, 0.1) is 6.92 Å². The highest BCUT2D eigenvalue weighted by atomic mass is 16.5. The Morgan fingerprint density at radius 1 is 1.17 bits per heavy atom. The molecule has 1 saturated heterocycles. The average molecular weight is 401 g/mol. The molecule has 2 heterocycles. The lowest BCUT2D eigenvalue weighted by Crippen LogP contribution is -2.35. The van der Waals surface area contributed by atoms with E-state index in [-0.39, 0.29) is 6.04 Å². The van der Waals surface area contributed by atoms with E-state index in [2.05, 4.69) is 21.3 Å². The van der Waals surface area contributed by atoms with Crippen LogP contribution in [0.15, 0.2) is 39.7 Å². The van der Waals surface area contributed by atoms with Crippen LogP contribution < -0.4 is 20.5 Å². The number of aliphatic imine (C=N–C) groups is 1. The van der Waals surface area contributed by atoms with E-state index in [0.29, 0.717) is 19.0 Å². The van der Waals surface area contributed by atoms with Crippen LogP contribution in [0.5, 0.6) is 11.5 Å². The summed E-state index contributed by atoms with van der Waals surface area (Å²) in [5, 5.41) is 3.21. The molecule has 3 rings (SSSR count). The quantitative estimate of drug-likeness (QED) is 0.497. The molecule has 0 radical (unpaired) electrons. The van der Waals surface area contributed by atoms with E-state index >= 15 is 0 Å². The van der Waals surface area contributed by atoms with Gasteiger partial charge in [0.05, 0.1) is 26.8 Å². The third kappa shape index (κ3) is 5.67. The number of methoxy groups -OCH3 is 2. The molecule has 3 N–H and O–H groups in total. The number of ether oxygens (including phenoxy) is 2. The number of nitrogens with one attached hydrogen (secondary N) is 1. The number of nitrogens with zero attached hydrogens (tertiary/aromatic N) is 2. The van der Waals surface area contributed by atoms with Gasteiger partial charge in [0.15, 0.2) is 17.5 Å². The molecule has 2 aromatic rings. The molecule has 1 unspecified atom stereocenters. The number of rotatable bonds is 9. The fourth-order valence-corrected chi connectivity index (χ4v) is 3.68. The van der Waals surface area contributed by atoms with Gasteiger partial charge in [0.2, 0.25) is 0 Å². The maximum absolute atomic E-state index is 6.11. The van der Waals surface area contributed by atoms with Gasteiger partial charge in [-0.2, -0.15) is 0 Å². The van der Waals surface area contributed by atoms with Gasteiger partial charge in [-0.25, -0.2) is 0 Å². The fourth-order valence-electron chi connectivity index (χ4n) is 3.68. The van der Waals surface area contributed by atoms with Crippen molar-refractivity contribution in [1.82, 2.24) is 10.2 Å². The van der Waals surface area contributed by atoms with Crippen LogP contribution in [0.2, 0.25) is 0 Å². The van der Waals surface area contributed by atoms with Crippen molar-refractivity contribution in [3.8, 4) is 11.5 Å². The number of nitrogens with two attached hydrogens (primary N) is 1. The molecule has 1 atom stereocenters. The van der Waals surface area contributed by atoms with Gasteiger partial charge in [0.1, 0.15) is 11.5 Å². The summed E-state index contributed by atoms with van der Waals surface area (Å²) in [4.78, 5) is 7.01. The Morgan fingerprint density at radius 2 is 1.93 bits per heavy atom. The Bertz CT molecular complexity index is 812. The highest BCUT2D eigenvalue weighted by molar-refractivity contribution is 5.77. The molecule has 29 heavy (non-hydrogen) atoms. The summed E-state index contributed by atoms with van der Waals surface area (Å²) >= 11 is 0. The van der Waals surface area contributed by atoms with E-state index in [1.165, 1.54) is 12.8 Å². The van der Waals surface area contributed by atoms with Gasteiger partial charge in [-0.05, 0) is 69.1 Å². The van der Waals surface area contributed by atoms with Crippen LogP contribution in [0.4, 0.5) is 0 Å². The Labute approximate surface area is 172 Å². The lowest BCUT2D eigenvalue weighted by atomic mass is 10.1. The van der Waals surface area contributed by atoms with Gasteiger partial charge >= 0.3 is 0 Å². The molecule has 1 aliphatic heterocycles. The molecule has 0 saturated carbocycles. The summed E-state index contributed by atoms with van der Waals surface area (Å²) in [6.45, 7) is 5.40. The van der Waals surface area contributed by atoms with Crippen LogP contribution >= 0.6 is 0 Å². The van der Waals surface area contributed by atoms with Gasteiger partial charge in [0.25, 0.3) is 0 Å². The van der Waals surface area contributed by atoms with Gasteiger partial charge in [0, 0.05) is 6.54 Å². The van der Waals surface area contributed by atoms with E-state index in [1.807, 2.05) is 31.2 Å². The first-order valence-electron chi connectivity index (χ1n) is 10.2. The van der Waals surface area contributed by atoms with Crippen LogP contribution in [0.3, 0.4) is 0 Å². The monoisotopic (exact) mass is 400 g/mol. The lowest BCUT2D eigenvalue weighted by Gasteiger charge is -2.24. The zero-order valence-corrected chi connectivity index (χ0v) is 17.6. The first kappa shape index (κ1) is 21.0. The number of hydrogen-bond acceptors (Lipinski definition) is 5. The molecule has 7 heteroatoms. The van der Waals surface area contributed by atoms with Crippen LogP contribution in [0.1, 0.15) is 36.0 Å². The first-order chi connectivity index (χ1) is 14.1. The highest BCUT2D eigenvalue weighted by Crippen LogP contribution is 2.28. The normalized spacial score (nSPS) is 16.0. The first-order valence-corrected chi connectivity index (χ1v) is 10.2. The number of guanidine groups is 1. The Balaban J connectivity index is 1.54. The van der Waals surface area contributed by atoms with Crippen molar-refractivity contribution in [1.29, 1.82) is 0 Å². The fraction of sp³-hybridized carbons (Fsp3) is 0.500. The topological polar surface area (TPSA) is 85.2 Å². The molecule has 7 nitrogen and oxygen atoms in total. The van der Waals surface area contributed by atoms with Gasteiger partial charge in [-0.1, -0.05) is 6.07 Å². The van der Waals surface area contributed by atoms with Crippen molar-refractivity contribution in [2.24, 2.45) is 10.7 Å². The van der Waals surface area contributed by atoms with E-state index in [4.69, 9.17) is 19.6 Å². The van der Waals surface area contributed by atoms with Crippen molar-refractivity contribution in [3.63, 3.8) is 0 Å². The van der Waals surface area contributed by atoms with Gasteiger partial charge < -0.3 is 24.9 Å². The molecule has 1 aliphatic rings. The van der Waals surface area contributed by atoms with E-state index < -0.39 is 0 Å². The summed E-state index contributed by atoms with van der Waals surface area (Å²) in [6, 6.07) is 10.1. The second kappa shape index (κ2) is 10.2. The summed E-state index contributed by atoms with van der Waals surface area (Å²) in [6.07, 6.45) is 3.25. The third-order valence-electron chi connectivity index (χ3n) is 5.27. The largest absolute Gasteiger partial charge is 0.493 e. The van der Waals surface area contributed by atoms with Gasteiger partial charge in [-0.15, -0.1) is 0 Å². The molecule has 0 bridgehead atoms. The minimum Gasteiger partial charge on any atom is -0.493 e. The zero-order chi connectivity index (χ0) is 20.6. The third-order valence-corrected chi connectivity index (χ3v) is 5.27. The van der Waals surface area contributed by atoms with Crippen LogP contribution in [-0.4, -0.2) is 51.3 Å². The summed E-state index contributed by atoms with van der Waals surface area (Å²) < 4.78 is 16.5. The number of aryl methyl sites for hydroxylation is 1. The number of furan rings is 1. The maximum Gasteiger partial charge on any atom is 0.188 e. The minimum absolute atomic E-state index is 0.136. The Hall–Kier alpha value is -2.67. The molecule has 1 fully saturated rings. The van der Waals surface area contributed by atoms with Crippen molar-refractivity contribution >= 4 is 5.96 Å². The molecular weight excluding hydrogens is 368 g/mol. The van der Waals surface area contributed by atoms with E-state index in [1.54, 1.807) is 14.2 Å². The number of benzene rings is 1. The zero-order valence-electron chi connectivity index (χ0n) is 17.6. The van der Waals surface area contributed by atoms with Crippen molar-refractivity contribution < 1.29 is 13.9 Å². The molecule has 158 valence electrons. The second-order valence-electron chi connectivity index (χ2n) is 7.30. The smallest absolute Gasteiger partial charge is 0.188 e. The van der Waals surface area contributed by atoms with Crippen molar-refractivity contribution in [2.45, 2.75) is 32.2 Å². The molecule has 0 spiro atoms. The molecule has 1 aromatic heterocycles. The molecule has 0 aliphatic carbocycles. The van der Waals surface area contributed by atoms with Gasteiger partial charge in [-0.3, -0.25) is 9.89 Å². The van der Waals surface area contributed by atoms with E-state index in [9.17, 15) is 0 Å². The standard InChI is InChI=1S/C22H32N4O3/c1-16-6-8-19(29-16)18(26-12-4-5-13-26)15-25-22(23)24-11-10-17-7-9-20(27-2)21(14-17)28-3/h6-9,14,18H,4-5,10-13,15H2,1-3H3,(H3,23,24,25). The number of likely N-dealkylation sites (tertiary alicyclic amines) is 1. The van der Waals surface area contributed by atoms with E-state index in [0.717, 1.165) is 48.1 Å². The molecule has 0 amide bonds. The molecular formula is C22H32N4O3. The predicted molar refractivity (Wildman–Crippen MR) is 115 cm³/mol. The minimum atomic E-state index is 0.136. The highest BCUT2D eigenvalue weighted by Gasteiger charge is 2.25. The summed E-state index contributed by atoms with van der Waals surface area (Å²) in [7, 11) is 3.28. The second-order valence-corrected chi connectivity index (χ2v) is 7.30. The lowest BCUT2D eigenvalue weighted by molar-refractivity contribution is 0.219. The maximum atomic E-state index is 6.11. The Kier molecular flexibility index (Phi) is 7.41. The predicted octanol–water partition coefficient (Wildman–Crippen LogP) is 2.89. The van der Waals surface area contributed by atoms with Crippen LogP contribution in [0.25, 0.3) is 0 Å². The van der Waals surface area contributed by atoms with Crippen molar-refractivity contribution in [2.75, 3.05) is 40.4 Å². The Morgan fingerprint density at radius 3 is 2.59 bits per heavy atom. The SMILES string of the molecule is COc1ccc(CCNC(N)=NCC(c2ccc(C)o2)N2CCCC2)cc1OC. The summed E-state index contributed by atoms with van der Waals surface area (Å²) in [5.41, 5.74) is 7.26. The number of hydrogen-bond donors (Lipinski definition) is 2. The van der Waals surface area contributed by atoms with Crippen molar-refractivity contribution in [3.05, 3.63) is 47.4 Å².